The summed E-state index contributed by atoms with van der Waals surface area (Å²) in [5.41, 5.74) is 3.06. The van der Waals surface area contributed by atoms with E-state index in [-0.39, 0.29) is 12.0 Å². The molecule has 0 saturated heterocycles. The number of anilines is 1. The molecule has 7 heteroatoms. The Morgan fingerprint density at radius 2 is 1.75 bits per heavy atom. The van der Waals surface area contributed by atoms with E-state index in [4.69, 9.17) is 21.7 Å². The minimum Gasteiger partial charge on any atom is -0.497 e. The quantitative estimate of drug-likeness (QED) is 0.445. The van der Waals surface area contributed by atoms with E-state index in [1.165, 1.54) is 7.11 Å². The maximum Gasteiger partial charge on any atom is 0.337 e. The van der Waals surface area contributed by atoms with Gasteiger partial charge < -0.3 is 14.8 Å². The standard InChI is InChI=1S/C21H22N2O3S2/c1-13-18(20(24)26-3)19(14-5-11-17(28-4)12-6-14)22-21(27)23(13)15-7-9-16(25-2)10-8-15/h5-12,19H,1-4H3,(H,22,27)/t19-/m1/s1. The zero-order valence-electron chi connectivity index (χ0n) is 16.2. The number of allylic oxidation sites excluding steroid dienone is 1. The maximum absolute atomic E-state index is 12.7. The van der Waals surface area contributed by atoms with Crippen molar-refractivity contribution in [2.24, 2.45) is 0 Å². The Morgan fingerprint density at radius 1 is 1.11 bits per heavy atom. The summed E-state index contributed by atoms with van der Waals surface area (Å²) >= 11 is 7.31. The van der Waals surface area contributed by atoms with Crippen molar-refractivity contribution < 1.29 is 14.3 Å². The Labute approximate surface area is 174 Å². The number of rotatable bonds is 5. The average molecular weight is 415 g/mol. The highest BCUT2D eigenvalue weighted by molar-refractivity contribution is 7.98. The third-order valence-corrected chi connectivity index (χ3v) is 5.71. The van der Waals surface area contributed by atoms with Gasteiger partial charge in [-0.25, -0.2) is 4.79 Å². The summed E-state index contributed by atoms with van der Waals surface area (Å²) in [6.07, 6.45) is 2.03. The molecule has 1 aliphatic rings. The van der Waals surface area contributed by atoms with Gasteiger partial charge in [-0.3, -0.25) is 4.90 Å². The van der Waals surface area contributed by atoms with Gasteiger partial charge in [0.15, 0.2) is 5.11 Å². The third kappa shape index (κ3) is 3.86. The van der Waals surface area contributed by atoms with Gasteiger partial charge in [-0.1, -0.05) is 12.1 Å². The molecule has 2 aromatic rings. The first-order valence-corrected chi connectivity index (χ1v) is 10.3. The number of nitrogens with one attached hydrogen (secondary N) is 1. The Kier molecular flexibility index (Phi) is 6.26. The number of thiocarbonyl (C=S) groups is 1. The molecule has 0 saturated carbocycles. The minimum absolute atomic E-state index is 0.370. The molecule has 0 radical (unpaired) electrons. The fourth-order valence-electron chi connectivity index (χ4n) is 3.21. The van der Waals surface area contributed by atoms with Crippen molar-refractivity contribution in [3.05, 3.63) is 65.4 Å². The van der Waals surface area contributed by atoms with Gasteiger partial charge in [0.1, 0.15) is 5.75 Å². The topological polar surface area (TPSA) is 50.8 Å². The molecule has 146 valence electrons. The van der Waals surface area contributed by atoms with Crippen LogP contribution in [0.4, 0.5) is 5.69 Å². The van der Waals surface area contributed by atoms with E-state index in [0.29, 0.717) is 10.7 Å². The lowest BCUT2D eigenvalue weighted by molar-refractivity contribution is -0.136. The first kappa shape index (κ1) is 20.2. The lowest BCUT2D eigenvalue weighted by Crippen LogP contribution is -2.48. The number of carbonyl (C=O) groups excluding carboxylic acids is 1. The number of hydrogen-bond donors (Lipinski definition) is 1. The number of ether oxygens (including phenoxy) is 2. The van der Waals surface area contributed by atoms with E-state index >= 15 is 0 Å². The van der Waals surface area contributed by atoms with Crippen LogP contribution in [0.2, 0.25) is 0 Å². The predicted molar refractivity (Wildman–Crippen MR) is 117 cm³/mol. The second kappa shape index (κ2) is 8.67. The van der Waals surface area contributed by atoms with Crippen molar-refractivity contribution in [2.75, 3.05) is 25.4 Å². The fraction of sp³-hybridized carbons (Fsp3) is 0.238. The Morgan fingerprint density at radius 3 is 2.29 bits per heavy atom. The van der Waals surface area contributed by atoms with Gasteiger partial charge in [0.05, 0.1) is 25.8 Å². The summed E-state index contributed by atoms with van der Waals surface area (Å²) in [6.45, 7) is 1.88. The SMILES string of the molecule is COC(=O)C1=C(C)N(c2ccc(OC)cc2)C(=S)N[C@@H]1c1ccc(SC)cc1. The van der Waals surface area contributed by atoms with Crippen LogP contribution in [0.25, 0.3) is 0 Å². The Hall–Kier alpha value is -2.51. The molecule has 3 rings (SSSR count). The van der Waals surface area contributed by atoms with Crippen molar-refractivity contribution >= 4 is 40.7 Å². The summed E-state index contributed by atoms with van der Waals surface area (Å²) in [7, 11) is 3.01. The number of thioether (sulfide) groups is 1. The van der Waals surface area contributed by atoms with E-state index in [2.05, 4.69) is 5.32 Å². The molecule has 1 aliphatic heterocycles. The third-order valence-electron chi connectivity index (χ3n) is 4.67. The zero-order chi connectivity index (χ0) is 20.3. The summed E-state index contributed by atoms with van der Waals surface area (Å²) in [5.74, 6) is 0.367. The first-order chi connectivity index (χ1) is 13.5. The van der Waals surface area contributed by atoms with Gasteiger partial charge in [0.2, 0.25) is 0 Å². The minimum atomic E-state index is -0.384. The van der Waals surface area contributed by atoms with Crippen LogP contribution >= 0.6 is 24.0 Å². The average Bonchev–Trinajstić information content (AvgIpc) is 2.73. The van der Waals surface area contributed by atoms with Crippen LogP contribution in [-0.2, 0) is 9.53 Å². The first-order valence-electron chi connectivity index (χ1n) is 8.67. The molecule has 2 aromatic carbocycles. The van der Waals surface area contributed by atoms with Crippen LogP contribution in [0.3, 0.4) is 0 Å². The van der Waals surface area contributed by atoms with Gasteiger partial charge in [-0.2, -0.15) is 0 Å². The van der Waals surface area contributed by atoms with Crippen LogP contribution in [0.1, 0.15) is 18.5 Å². The largest absolute Gasteiger partial charge is 0.497 e. The summed E-state index contributed by atoms with van der Waals surface area (Å²) < 4.78 is 10.3. The van der Waals surface area contributed by atoms with Crippen molar-refractivity contribution in [2.45, 2.75) is 17.9 Å². The molecule has 0 spiro atoms. The molecule has 1 heterocycles. The van der Waals surface area contributed by atoms with Crippen LogP contribution in [0, 0.1) is 0 Å². The maximum atomic E-state index is 12.7. The van der Waals surface area contributed by atoms with E-state index in [0.717, 1.165) is 27.6 Å². The molecule has 0 fully saturated rings. The summed E-state index contributed by atoms with van der Waals surface area (Å²) in [5, 5.41) is 3.83. The molecule has 1 N–H and O–H groups in total. The molecule has 0 bridgehead atoms. The van der Waals surface area contributed by atoms with Gasteiger partial charge in [0, 0.05) is 16.3 Å². The van der Waals surface area contributed by atoms with Crippen molar-refractivity contribution in [3.63, 3.8) is 0 Å². The fourth-order valence-corrected chi connectivity index (χ4v) is 3.97. The molecule has 0 aliphatic carbocycles. The molecule has 0 aromatic heterocycles. The Balaban J connectivity index is 2.07. The predicted octanol–water partition coefficient (Wildman–Crippen LogP) is 4.30. The second-order valence-electron chi connectivity index (χ2n) is 6.18. The lowest BCUT2D eigenvalue weighted by Gasteiger charge is -2.37. The van der Waals surface area contributed by atoms with Crippen LogP contribution in [0.5, 0.6) is 5.75 Å². The van der Waals surface area contributed by atoms with E-state index < -0.39 is 0 Å². The zero-order valence-corrected chi connectivity index (χ0v) is 17.8. The van der Waals surface area contributed by atoms with Crippen LogP contribution in [-0.4, -0.2) is 31.6 Å². The van der Waals surface area contributed by atoms with Crippen molar-refractivity contribution in [1.29, 1.82) is 0 Å². The normalized spacial score (nSPS) is 16.6. The monoisotopic (exact) mass is 414 g/mol. The molecule has 0 unspecified atom stereocenters. The molecule has 0 amide bonds. The second-order valence-corrected chi connectivity index (χ2v) is 7.45. The van der Waals surface area contributed by atoms with Gasteiger partial charge in [-0.15, -0.1) is 11.8 Å². The van der Waals surface area contributed by atoms with Gasteiger partial charge in [0.25, 0.3) is 0 Å². The number of benzene rings is 2. The molecular weight excluding hydrogens is 392 g/mol. The number of nitrogens with zero attached hydrogens (tertiary/aromatic N) is 1. The van der Waals surface area contributed by atoms with Crippen LogP contribution < -0.4 is 15.0 Å². The van der Waals surface area contributed by atoms with Crippen LogP contribution in [0.15, 0.2) is 64.7 Å². The highest BCUT2D eigenvalue weighted by Crippen LogP contribution is 2.35. The molecule has 28 heavy (non-hydrogen) atoms. The van der Waals surface area contributed by atoms with Gasteiger partial charge >= 0.3 is 5.97 Å². The number of hydrogen-bond acceptors (Lipinski definition) is 5. The van der Waals surface area contributed by atoms with E-state index in [9.17, 15) is 4.79 Å². The van der Waals surface area contributed by atoms with E-state index in [1.807, 2.05) is 66.6 Å². The molecule has 5 nitrogen and oxygen atoms in total. The summed E-state index contributed by atoms with van der Waals surface area (Å²) in [4.78, 5) is 15.6. The summed E-state index contributed by atoms with van der Waals surface area (Å²) in [6, 6.07) is 15.2. The van der Waals surface area contributed by atoms with Crippen molar-refractivity contribution in [3.8, 4) is 5.75 Å². The number of carbonyl (C=O) groups is 1. The number of methoxy groups -OCH3 is 2. The smallest absolute Gasteiger partial charge is 0.337 e. The number of esters is 1. The highest BCUT2D eigenvalue weighted by Gasteiger charge is 2.35. The van der Waals surface area contributed by atoms with E-state index in [1.54, 1.807) is 18.9 Å². The molecule has 1 atom stereocenters. The van der Waals surface area contributed by atoms with Gasteiger partial charge in [-0.05, 0) is 67.4 Å². The highest BCUT2D eigenvalue weighted by atomic mass is 32.2. The van der Waals surface area contributed by atoms with Crippen molar-refractivity contribution in [1.82, 2.24) is 5.32 Å². The Bertz CT molecular complexity index is 908. The molecular formula is C21H22N2O3S2. The lowest BCUT2D eigenvalue weighted by atomic mass is 9.95.